The Kier molecular flexibility index (Phi) is 3.75. The van der Waals surface area contributed by atoms with Crippen molar-refractivity contribution in [2.24, 2.45) is 0 Å². The molecule has 0 saturated carbocycles. The molecule has 0 radical (unpaired) electrons. The van der Waals surface area contributed by atoms with Crippen LogP contribution in [-0.4, -0.2) is 22.1 Å². The zero-order chi connectivity index (χ0) is 12.3. The molecule has 0 saturated heterocycles. The SMILES string of the molecule is C=S(C)(=O)Nc1ccc(C)c(C(=O)CC)c1. The highest BCUT2D eigenvalue weighted by molar-refractivity contribution is 8.00. The average molecular weight is 239 g/mol. The summed E-state index contributed by atoms with van der Waals surface area (Å²) < 4.78 is 14.3. The summed E-state index contributed by atoms with van der Waals surface area (Å²) in [5, 5.41) is 0. The Morgan fingerprint density at radius 2 is 2.12 bits per heavy atom. The minimum Gasteiger partial charge on any atom is -0.313 e. The third-order valence-electron chi connectivity index (χ3n) is 2.19. The number of carbonyl (C=O) groups is 1. The van der Waals surface area contributed by atoms with E-state index in [1.165, 1.54) is 6.26 Å². The maximum atomic E-state index is 11.6. The second-order valence-corrected chi connectivity index (χ2v) is 6.13. The highest BCUT2D eigenvalue weighted by Crippen LogP contribution is 2.17. The van der Waals surface area contributed by atoms with Gasteiger partial charge in [0.05, 0.1) is 0 Å². The summed E-state index contributed by atoms with van der Waals surface area (Å²) in [6, 6.07) is 5.38. The van der Waals surface area contributed by atoms with E-state index >= 15 is 0 Å². The number of ketones is 1. The quantitative estimate of drug-likeness (QED) is 0.647. The number of hydrogen-bond donors (Lipinski definition) is 1. The largest absolute Gasteiger partial charge is 0.313 e. The van der Waals surface area contributed by atoms with E-state index < -0.39 is 9.71 Å². The van der Waals surface area contributed by atoms with E-state index in [2.05, 4.69) is 10.6 Å². The maximum absolute atomic E-state index is 11.6. The van der Waals surface area contributed by atoms with Crippen LogP contribution >= 0.6 is 0 Å². The molecule has 1 aromatic rings. The number of benzene rings is 1. The fourth-order valence-electron chi connectivity index (χ4n) is 1.43. The third-order valence-corrected chi connectivity index (χ3v) is 2.86. The maximum Gasteiger partial charge on any atom is 0.162 e. The number of Topliss-reactive ketones (excluding diaryl/α,β-unsaturated/α-hetero) is 1. The Morgan fingerprint density at radius 1 is 1.50 bits per heavy atom. The fourth-order valence-corrected chi connectivity index (χ4v) is 2.05. The van der Waals surface area contributed by atoms with Gasteiger partial charge in [-0.1, -0.05) is 13.0 Å². The second kappa shape index (κ2) is 4.70. The van der Waals surface area contributed by atoms with Crippen molar-refractivity contribution in [3.05, 3.63) is 29.3 Å². The number of anilines is 1. The molecule has 1 aromatic carbocycles. The molecule has 0 spiro atoms. The summed E-state index contributed by atoms with van der Waals surface area (Å²) in [7, 11) is -2.30. The van der Waals surface area contributed by atoms with Gasteiger partial charge >= 0.3 is 0 Å². The zero-order valence-corrected chi connectivity index (χ0v) is 10.7. The number of hydrogen-bond acceptors (Lipinski definition) is 2. The molecule has 0 aliphatic rings. The van der Waals surface area contributed by atoms with Crippen LogP contribution in [0.2, 0.25) is 0 Å². The molecule has 3 nitrogen and oxygen atoms in total. The molecule has 0 aliphatic heterocycles. The Labute approximate surface area is 97.0 Å². The van der Waals surface area contributed by atoms with Gasteiger partial charge in [-0.2, -0.15) is 0 Å². The van der Waals surface area contributed by atoms with Gasteiger partial charge in [-0.15, -0.1) is 0 Å². The van der Waals surface area contributed by atoms with Gasteiger partial charge in [-0.3, -0.25) is 4.79 Å². The van der Waals surface area contributed by atoms with Crippen LogP contribution in [0.15, 0.2) is 18.2 Å². The van der Waals surface area contributed by atoms with Crippen LogP contribution in [0.1, 0.15) is 29.3 Å². The number of rotatable bonds is 4. The van der Waals surface area contributed by atoms with Crippen molar-refractivity contribution < 1.29 is 9.00 Å². The van der Waals surface area contributed by atoms with Gasteiger partial charge in [-0.05, 0) is 30.5 Å². The molecule has 0 aliphatic carbocycles. The molecule has 0 bridgehead atoms. The summed E-state index contributed by atoms with van der Waals surface area (Å²) in [4.78, 5) is 11.6. The molecule has 0 fully saturated rings. The van der Waals surface area contributed by atoms with Crippen molar-refractivity contribution in [3.63, 3.8) is 0 Å². The van der Waals surface area contributed by atoms with Gasteiger partial charge in [-0.25, -0.2) is 4.21 Å². The smallest absolute Gasteiger partial charge is 0.162 e. The van der Waals surface area contributed by atoms with Gasteiger partial charge in [0, 0.05) is 33.6 Å². The van der Waals surface area contributed by atoms with Crippen LogP contribution in [-0.2, 0) is 9.71 Å². The van der Waals surface area contributed by atoms with Crippen molar-refractivity contribution in [2.45, 2.75) is 20.3 Å². The van der Waals surface area contributed by atoms with Crippen molar-refractivity contribution in [1.82, 2.24) is 0 Å². The van der Waals surface area contributed by atoms with Crippen molar-refractivity contribution in [1.29, 1.82) is 0 Å². The van der Waals surface area contributed by atoms with Crippen molar-refractivity contribution >= 4 is 27.0 Å². The first-order chi connectivity index (χ1) is 7.33. The first-order valence-corrected chi connectivity index (χ1v) is 7.21. The normalized spacial score (nSPS) is 14.2. The third kappa shape index (κ3) is 3.38. The molecule has 1 N–H and O–H groups in total. The summed E-state index contributed by atoms with van der Waals surface area (Å²) in [6.45, 7) is 3.71. The van der Waals surface area contributed by atoms with Crippen LogP contribution in [0.5, 0.6) is 0 Å². The minimum absolute atomic E-state index is 0.0906. The van der Waals surface area contributed by atoms with E-state index in [4.69, 9.17) is 0 Å². The van der Waals surface area contributed by atoms with E-state index in [9.17, 15) is 9.00 Å². The Bertz CT molecular complexity index is 504. The first-order valence-electron chi connectivity index (χ1n) is 5.07. The average Bonchev–Trinajstić information content (AvgIpc) is 2.18. The topological polar surface area (TPSA) is 46.2 Å². The molecule has 88 valence electrons. The lowest BCUT2D eigenvalue weighted by molar-refractivity contribution is 0.0987. The Balaban J connectivity index is 3.12. The van der Waals surface area contributed by atoms with Gasteiger partial charge < -0.3 is 4.72 Å². The van der Waals surface area contributed by atoms with Gasteiger partial charge in [0.25, 0.3) is 0 Å². The summed E-state index contributed by atoms with van der Waals surface area (Å²) >= 11 is 0. The van der Waals surface area contributed by atoms with E-state index in [0.717, 1.165) is 5.56 Å². The van der Waals surface area contributed by atoms with Gasteiger partial charge in [0.15, 0.2) is 5.78 Å². The summed E-state index contributed by atoms with van der Waals surface area (Å²) in [5.41, 5.74) is 2.28. The first kappa shape index (κ1) is 12.8. The highest BCUT2D eigenvalue weighted by Gasteiger charge is 2.08. The zero-order valence-electron chi connectivity index (χ0n) is 9.87. The standard InChI is InChI=1S/C12H17NO2S/c1-5-12(14)11-8-10(7-6-9(11)2)13-16(3,4)15/h6-8H,3,5H2,1-2,4H3,(H,13,15). The molecule has 0 aromatic heterocycles. The van der Waals surface area contributed by atoms with Crippen LogP contribution in [0.4, 0.5) is 5.69 Å². The van der Waals surface area contributed by atoms with Crippen molar-refractivity contribution in [3.8, 4) is 0 Å². The van der Waals surface area contributed by atoms with Crippen LogP contribution < -0.4 is 4.72 Å². The molecule has 4 heteroatoms. The molecule has 1 unspecified atom stereocenters. The second-order valence-electron chi connectivity index (χ2n) is 3.91. The molecular formula is C12H17NO2S. The Hall–Kier alpha value is -1.29. The van der Waals surface area contributed by atoms with Crippen LogP contribution in [0.3, 0.4) is 0 Å². The lowest BCUT2D eigenvalue weighted by atomic mass is 10.0. The molecule has 0 amide bonds. The minimum atomic E-state index is -2.30. The lowest BCUT2D eigenvalue weighted by Crippen LogP contribution is -2.10. The summed E-state index contributed by atoms with van der Waals surface area (Å²) in [5.74, 6) is 3.61. The molecule has 1 atom stereocenters. The van der Waals surface area contributed by atoms with Crippen LogP contribution in [0, 0.1) is 6.92 Å². The Morgan fingerprint density at radius 3 is 2.62 bits per heavy atom. The molecule has 0 heterocycles. The highest BCUT2D eigenvalue weighted by atomic mass is 32.2. The predicted molar refractivity (Wildman–Crippen MR) is 70.6 cm³/mol. The van der Waals surface area contributed by atoms with E-state index in [0.29, 0.717) is 17.7 Å². The lowest BCUT2D eigenvalue weighted by Gasteiger charge is -2.10. The molecule has 1 rings (SSSR count). The number of aryl methyl sites for hydroxylation is 1. The van der Waals surface area contributed by atoms with Crippen molar-refractivity contribution in [2.75, 3.05) is 11.0 Å². The van der Waals surface area contributed by atoms with Gasteiger partial charge in [0.2, 0.25) is 0 Å². The monoisotopic (exact) mass is 239 g/mol. The number of nitrogens with one attached hydrogen (secondary N) is 1. The molecular weight excluding hydrogens is 222 g/mol. The predicted octanol–water partition coefficient (Wildman–Crippen LogP) is 2.26. The fraction of sp³-hybridized carbons (Fsp3) is 0.333. The van der Waals surface area contributed by atoms with E-state index in [1.54, 1.807) is 12.1 Å². The van der Waals surface area contributed by atoms with E-state index in [1.807, 2.05) is 19.9 Å². The number of carbonyl (C=O) groups excluding carboxylic acids is 1. The van der Waals surface area contributed by atoms with Crippen LogP contribution in [0.25, 0.3) is 0 Å². The summed E-state index contributed by atoms with van der Waals surface area (Å²) in [6.07, 6.45) is 1.99. The van der Waals surface area contributed by atoms with Gasteiger partial charge in [0.1, 0.15) is 0 Å². The molecule has 16 heavy (non-hydrogen) atoms. The van der Waals surface area contributed by atoms with E-state index in [-0.39, 0.29) is 5.78 Å².